The number of rotatable bonds is 7. The Morgan fingerprint density at radius 3 is 2.73 bits per heavy atom. The fraction of sp³-hybridized carbons (Fsp3) is 0.296. The first-order chi connectivity index (χ1) is 17.9. The summed E-state index contributed by atoms with van der Waals surface area (Å²) < 4.78 is 7.53. The molecule has 1 aromatic heterocycles. The number of hydrogen-bond donors (Lipinski definition) is 1. The summed E-state index contributed by atoms with van der Waals surface area (Å²) in [5.74, 6) is 1.07. The summed E-state index contributed by atoms with van der Waals surface area (Å²) in [7, 11) is 1.64. The van der Waals surface area contributed by atoms with Crippen LogP contribution in [0.2, 0.25) is 0 Å². The molecule has 10 heteroatoms. The summed E-state index contributed by atoms with van der Waals surface area (Å²) >= 11 is 0. The van der Waals surface area contributed by atoms with E-state index in [4.69, 9.17) is 4.74 Å². The Bertz CT molecular complexity index is 1420. The Labute approximate surface area is 213 Å². The van der Waals surface area contributed by atoms with E-state index in [2.05, 4.69) is 21.5 Å². The van der Waals surface area contributed by atoms with Gasteiger partial charge in [-0.2, -0.15) is 5.10 Å². The van der Waals surface area contributed by atoms with E-state index in [9.17, 15) is 19.7 Å². The van der Waals surface area contributed by atoms with Crippen molar-refractivity contribution >= 4 is 17.8 Å². The van der Waals surface area contributed by atoms with Crippen LogP contribution in [0.4, 0.5) is 5.69 Å². The van der Waals surface area contributed by atoms with Crippen molar-refractivity contribution < 1.29 is 14.5 Å². The van der Waals surface area contributed by atoms with E-state index in [1.165, 1.54) is 24.3 Å². The van der Waals surface area contributed by atoms with Gasteiger partial charge < -0.3 is 9.30 Å². The molecule has 190 valence electrons. The van der Waals surface area contributed by atoms with Crippen LogP contribution in [0.5, 0.6) is 5.75 Å². The normalized spacial score (nSPS) is 18.8. The molecule has 3 heterocycles. The van der Waals surface area contributed by atoms with Crippen LogP contribution in [0.25, 0.3) is 0 Å². The molecule has 5 rings (SSSR count). The number of piperidine rings is 1. The molecule has 0 saturated carbocycles. The van der Waals surface area contributed by atoms with Crippen LogP contribution < -0.4 is 15.7 Å². The van der Waals surface area contributed by atoms with E-state index >= 15 is 0 Å². The van der Waals surface area contributed by atoms with Crippen LogP contribution >= 0.6 is 0 Å². The standard InChI is InChI=1S/C27H27N5O5/c1-37-25-10-5-18(13-28-29-27(34)20-6-8-23(9-7-20)32(35)36)11-22(25)17-30-14-19-12-21(16-30)24-3-2-4-26(33)31(24)15-19/h2-11,13,19,21H,12,14-17H2,1H3,(H,29,34). The molecule has 2 aliphatic heterocycles. The van der Waals surface area contributed by atoms with Gasteiger partial charge in [0.1, 0.15) is 5.75 Å². The lowest BCUT2D eigenvalue weighted by atomic mass is 9.83. The number of likely N-dealkylation sites (tertiary alicyclic amines) is 1. The lowest BCUT2D eigenvalue weighted by Crippen LogP contribution is -2.46. The Kier molecular flexibility index (Phi) is 6.82. The smallest absolute Gasteiger partial charge is 0.271 e. The number of nitrogens with one attached hydrogen (secondary N) is 1. The molecule has 2 unspecified atom stereocenters. The molecule has 1 saturated heterocycles. The summed E-state index contributed by atoms with van der Waals surface area (Å²) in [5, 5.41) is 14.8. The van der Waals surface area contributed by atoms with E-state index in [1.54, 1.807) is 19.4 Å². The zero-order valence-electron chi connectivity index (χ0n) is 20.4. The minimum atomic E-state index is -0.516. The van der Waals surface area contributed by atoms with Crippen molar-refractivity contribution in [1.82, 2.24) is 14.9 Å². The van der Waals surface area contributed by atoms with Gasteiger partial charge in [-0.15, -0.1) is 0 Å². The highest BCUT2D eigenvalue weighted by atomic mass is 16.6. The fourth-order valence-corrected chi connectivity index (χ4v) is 5.33. The number of hydrazone groups is 1. The largest absolute Gasteiger partial charge is 0.496 e. The van der Waals surface area contributed by atoms with Gasteiger partial charge in [0.15, 0.2) is 0 Å². The van der Waals surface area contributed by atoms with Crippen LogP contribution in [-0.2, 0) is 13.1 Å². The van der Waals surface area contributed by atoms with E-state index in [0.717, 1.165) is 48.6 Å². The number of fused-ring (bicyclic) bond motifs is 4. The third kappa shape index (κ3) is 5.29. The molecule has 0 radical (unpaired) electrons. The highest BCUT2D eigenvalue weighted by Crippen LogP contribution is 2.36. The first-order valence-electron chi connectivity index (χ1n) is 12.1. The van der Waals surface area contributed by atoms with Crippen molar-refractivity contribution in [3.8, 4) is 5.75 Å². The lowest BCUT2D eigenvalue weighted by Gasteiger charge is -2.42. The first-order valence-corrected chi connectivity index (χ1v) is 12.1. The minimum Gasteiger partial charge on any atom is -0.496 e. The number of benzene rings is 2. The maximum atomic E-state index is 12.3. The number of amides is 1. The lowest BCUT2D eigenvalue weighted by molar-refractivity contribution is -0.384. The number of methoxy groups -OCH3 is 1. The molecule has 3 aromatic rings. The van der Waals surface area contributed by atoms with E-state index in [0.29, 0.717) is 18.4 Å². The van der Waals surface area contributed by atoms with Crippen molar-refractivity contribution in [1.29, 1.82) is 0 Å². The summed E-state index contributed by atoms with van der Waals surface area (Å²) in [6, 6.07) is 16.6. The number of aromatic nitrogens is 1. The third-order valence-corrected chi connectivity index (χ3v) is 6.97. The second-order valence-electron chi connectivity index (χ2n) is 9.47. The number of nitro benzene ring substituents is 1. The van der Waals surface area contributed by atoms with E-state index in [1.807, 2.05) is 28.8 Å². The molecule has 1 N–H and O–H groups in total. The number of carbonyl (C=O) groups is 1. The van der Waals surface area contributed by atoms with Crippen molar-refractivity contribution in [3.05, 3.63) is 104 Å². The van der Waals surface area contributed by atoms with E-state index in [-0.39, 0.29) is 16.8 Å². The molecule has 2 aromatic carbocycles. The zero-order valence-corrected chi connectivity index (χ0v) is 20.4. The van der Waals surface area contributed by atoms with Gasteiger partial charge in [0.2, 0.25) is 0 Å². The predicted molar refractivity (Wildman–Crippen MR) is 138 cm³/mol. The molecule has 1 amide bonds. The Morgan fingerprint density at radius 2 is 1.97 bits per heavy atom. The van der Waals surface area contributed by atoms with Gasteiger partial charge in [-0.3, -0.25) is 24.6 Å². The van der Waals surface area contributed by atoms with Crippen molar-refractivity contribution in [2.75, 3.05) is 20.2 Å². The topological polar surface area (TPSA) is 119 Å². The zero-order chi connectivity index (χ0) is 25.9. The number of nitrogens with zero attached hydrogens (tertiary/aromatic N) is 4. The molecule has 1 fully saturated rings. The molecule has 10 nitrogen and oxygen atoms in total. The van der Waals surface area contributed by atoms with Gasteiger partial charge in [0.05, 0.1) is 18.2 Å². The van der Waals surface area contributed by atoms with Gasteiger partial charge in [0.25, 0.3) is 17.2 Å². The van der Waals surface area contributed by atoms with Gasteiger partial charge in [-0.25, -0.2) is 5.43 Å². The molecule has 0 spiro atoms. The van der Waals surface area contributed by atoms with Crippen LogP contribution in [0.3, 0.4) is 0 Å². The first kappa shape index (κ1) is 24.4. The van der Waals surface area contributed by atoms with Gasteiger partial charge >= 0.3 is 0 Å². The van der Waals surface area contributed by atoms with Crippen LogP contribution in [0.1, 0.15) is 39.5 Å². The Hall–Kier alpha value is -4.31. The van der Waals surface area contributed by atoms with Gasteiger partial charge in [-0.1, -0.05) is 6.07 Å². The maximum absolute atomic E-state index is 12.3. The molecular weight excluding hydrogens is 474 g/mol. The van der Waals surface area contributed by atoms with Crippen LogP contribution in [-0.4, -0.2) is 46.7 Å². The highest BCUT2D eigenvalue weighted by Gasteiger charge is 2.34. The van der Waals surface area contributed by atoms with Crippen LogP contribution in [0, 0.1) is 16.0 Å². The summed E-state index contributed by atoms with van der Waals surface area (Å²) in [4.78, 5) is 37.3. The Balaban J connectivity index is 1.26. The molecule has 0 aliphatic carbocycles. The second kappa shape index (κ2) is 10.4. The molecule has 2 aliphatic rings. The predicted octanol–water partition coefficient (Wildman–Crippen LogP) is 3.15. The number of ether oxygens (including phenoxy) is 1. The molecule has 2 bridgehead atoms. The summed E-state index contributed by atoms with van der Waals surface area (Å²) in [6.45, 7) is 3.22. The van der Waals surface area contributed by atoms with Gasteiger partial charge in [0, 0.05) is 67.1 Å². The number of pyridine rings is 1. The number of non-ortho nitro benzene ring substituents is 1. The van der Waals surface area contributed by atoms with Gasteiger partial charge in [-0.05, 0) is 54.3 Å². The Morgan fingerprint density at radius 1 is 1.16 bits per heavy atom. The summed E-state index contributed by atoms with van der Waals surface area (Å²) in [6.07, 6.45) is 2.65. The highest BCUT2D eigenvalue weighted by molar-refractivity contribution is 5.95. The number of carbonyl (C=O) groups excluding carboxylic acids is 1. The monoisotopic (exact) mass is 501 g/mol. The minimum absolute atomic E-state index is 0.0787. The van der Waals surface area contributed by atoms with Crippen molar-refractivity contribution in [3.63, 3.8) is 0 Å². The van der Waals surface area contributed by atoms with Crippen LogP contribution in [0.15, 0.2) is 70.6 Å². The third-order valence-electron chi connectivity index (χ3n) is 6.97. The van der Waals surface area contributed by atoms with Crippen molar-refractivity contribution in [2.45, 2.75) is 25.4 Å². The molecule has 2 atom stereocenters. The fourth-order valence-electron chi connectivity index (χ4n) is 5.33. The number of hydrogen-bond acceptors (Lipinski definition) is 7. The van der Waals surface area contributed by atoms with Crippen molar-refractivity contribution in [2.24, 2.45) is 11.0 Å². The number of nitro groups is 1. The molecular formula is C27H27N5O5. The maximum Gasteiger partial charge on any atom is 0.271 e. The summed E-state index contributed by atoms with van der Waals surface area (Å²) in [5.41, 5.74) is 5.66. The van der Waals surface area contributed by atoms with E-state index < -0.39 is 10.8 Å². The average molecular weight is 502 g/mol. The SMILES string of the molecule is COc1ccc(C=NNC(=O)c2ccc([N+](=O)[O-])cc2)cc1CN1CC2CC(C1)c1cccc(=O)n1C2. The molecule has 37 heavy (non-hydrogen) atoms. The average Bonchev–Trinajstić information content (AvgIpc) is 2.89. The second-order valence-corrected chi connectivity index (χ2v) is 9.47. The quantitative estimate of drug-likeness (QED) is 0.302.